The number of nitrogens with zero attached hydrogens (tertiary/aromatic N) is 2. The van der Waals surface area contributed by atoms with Crippen LogP contribution in [0.2, 0.25) is 0 Å². The van der Waals surface area contributed by atoms with E-state index in [2.05, 4.69) is 11.6 Å². The molecular weight excluding hydrogens is 300 g/mol. The minimum atomic E-state index is -0.893. The lowest BCUT2D eigenvalue weighted by molar-refractivity contribution is -0.133. The first-order valence-electron chi connectivity index (χ1n) is 5.73. The molecule has 7 heteroatoms. The summed E-state index contributed by atoms with van der Waals surface area (Å²) < 4.78 is 7.03. The topological polar surface area (TPSA) is 64.4 Å². The molecule has 0 bridgehead atoms. The van der Waals surface area contributed by atoms with E-state index in [1.165, 1.54) is 0 Å². The number of aliphatic carboxylic acids is 1. The largest absolute Gasteiger partial charge is 0.497 e. The number of carboxylic acids is 1. The molecular formula is C13H13ClN2O3S. The number of hydrogen-bond acceptors (Lipinski definition) is 4. The van der Waals surface area contributed by atoms with Gasteiger partial charge >= 0.3 is 5.97 Å². The number of benzene rings is 1. The molecule has 0 unspecified atom stereocenters. The fraction of sp³-hybridized carbons (Fsp3) is 0.231. The molecule has 1 aromatic heterocycles. The summed E-state index contributed by atoms with van der Waals surface area (Å²) in [4.78, 5) is 15.1. The van der Waals surface area contributed by atoms with Gasteiger partial charge in [0.05, 0.1) is 30.4 Å². The number of carbonyl (C=O) groups is 1. The summed E-state index contributed by atoms with van der Waals surface area (Å²) in [6.07, 6.45) is 0. The minimum absolute atomic E-state index is 0.0603. The van der Waals surface area contributed by atoms with Crippen molar-refractivity contribution in [3.8, 4) is 5.75 Å². The van der Waals surface area contributed by atoms with Crippen LogP contribution in [-0.4, -0.2) is 33.5 Å². The number of hydrogen-bond donors (Lipinski definition) is 1. The zero-order valence-corrected chi connectivity index (χ0v) is 12.4. The number of ether oxygens (including phenoxy) is 1. The molecule has 0 saturated heterocycles. The molecule has 1 aromatic carbocycles. The van der Waals surface area contributed by atoms with Crippen molar-refractivity contribution in [2.45, 2.75) is 11.7 Å². The van der Waals surface area contributed by atoms with Crippen molar-refractivity contribution in [2.24, 2.45) is 0 Å². The summed E-state index contributed by atoms with van der Waals surface area (Å²) in [5, 5.41) is 9.83. The van der Waals surface area contributed by atoms with Gasteiger partial charge in [-0.15, -0.1) is 0 Å². The Labute approximate surface area is 125 Å². The van der Waals surface area contributed by atoms with Crippen molar-refractivity contribution in [1.82, 2.24) is 9.55 Å². The van der Waals surface area contributed by atoms with E-state index in [-0.39, 0.29) is 5.75 Å². The molecule has 0 saturated carbocycles. The van der Waals surface area contributed by atoms with Gasteiger partial charge in [-0.25, -0.2) is 4.98 Å². The van der Waals surface area contributed by atoms with E-state index in [4.69, 9.17) is 21.4 Å². The second-order valence-corrected chi connectivity index (χ2v) is 5.51. The average Bonchev–Trinajstić information content (AvgIpc) is 2.73. The summed E-state index contributed by atoms with van der Waals surface area (Å²) in [6.45, 7) is 4.04. The Hall–Kier alpha value is -1.66. The second kappa shape index (κ2) is 6.19. The van der Waals surface area contributed by atoms with Gasteiger partial charge in [0.2, 0.25) is 0 Å². The van der Waals surface area contributed by atoms with Crippen molar-refractivity contribution in [3.05, 3.63) is 29.8 Å². The third kappa shape index (κ3) is 3.26. The van der Waals surface area contributed by atoms with Gasteiger partial charge in [0.25, 0.3) is 0 Å². The highest BCUT2D eigenvalue weighted by Crippen LogP contribution is 2.28. The Bertz CT molecular complexity index is 669. The van der Waals surface area contributed by atoms with Crippen LogP contribution < -0.4 is 4.74 Å². The summed E-state index contributed by atoms with van der Waals surface area (Å²) in [5.41, 5.74) is 1.59. The number of allylic oxidation sites excluding steroid dienone is 1. The highest BCUT2D eigenvalue weighted by atomic mass is 35.5. The summed E-state index contributed by atoms with van der Waals surface area (Å²) in [6, 6.07) is 5.47. The Morgan fingerprint density at radius 3 is 2.95 bits per heavy atom. The molecule has 0 aliphatic rings. The van der Waals surface area contributed by atoms with Crippen molar-refractivity contribution in [3.63, 3.8) is 0 Å². The number of thioether (sulfide) groups is 1. The van der Waals surface area contributed by atoms with Gasteiger partial charge < -0.3 is 14.4 Å². The van der Waals surface area contributed by atoms with Crippen molar-refractivity contribution < 1.29 is 14.6 Å². The highest BCUT2D eigenvalue weighted by Gasteiger charge is 2.14. The second-order valence-electron chi connectivity index (χ2n) is 4.03. The van der Waals surface area contributed by atoms with Gasteiger partial charge in [0, 0.05) is 11.1 Å². The molecule has 0 aliphatic carbocycles. The van der Waals surface area contributed by atoms with Crippen LogP contribution in [0, 0.1) is 0 Å². The SMILES string of the molecule is C=C(Cl)Cn1c(SCC(=O)O)nc2ccc(OC)cc21. The Morgan fingerprint density at radius 1 is 1.60 bits per heavy atom. The minimum Gasteiger partial charge on any atom is -0.497 e. The molecule has 0 atom stereocenters. The van der Waals surface area contributed by atoms with E-state index in [0.717, 1.165) is 22.8 Å². The fourth-order valence-corrected chi connectivity index (χ4v) is 2.62. The van der Waals surface area contributed by atoms with Crippen LogP contribution in [-0.2, 0) is 11.3 Å². The third-order valence-corrected chi connectivity index (χ3v) is 3.66. The number of methoxy groups -OCH3 is 1. The monoisotopic (exact) mass is 312 g/mol. The standard InChI is InChI=1S/C13H13ClN2O3S/c1-8(14)6-16-11-5-9(19-2)3-4-10(11)15-13(16)20-7-12(17)18/h3-5H,1,6-7H2,2H3,(H,17,18). The summed E-state index contributed by atoms with van der Waals surface area (Å²) in [7, 11) is 1.59. The number of aromatic nitrogens is 2. The zero-order chi connectivity index (χ0) is 14.7. The summed E-state index contributed by atoms with van der Waals surface area (Å²) in [5.74, 6) is -0.251. The van der Waals surface area contributed by atoms with Crippen LogP contribution in [0.3, 0.4) is 0 Å². The first-order chi connectivity index (χ1) is 9.51. The lowest BCUT2D eigenvalue weighted by Crippen LogP contribution is -2.03. The molecule has 2 rings (SSSR count). The molecule has 0 aliphatic heterocycles. The maximum absolute atomic E-state index is 10.7. The van der Waals surface area contributed by atoms with Gasteiger partial charge in [-0.05, 0) is 12.1 Å². The van der Waals surface area contributed by atoms with E-state index in [9.17, 15) is 4.79 Å². The quantitative estimate of drug-likeness (QED) is 0.831. The molecule has 106 valence electrons. The zero-order valence-electron chi connectivity index (χ0n) is 10.8. The molecule has 0 fully saturated rings. The van der Waals surface area contributed by atoms with Crippen LogP contribution >= 0.6 is 23.4 Å². The van der Waals surface area contributed by atoms with Crippen LogP contribution in [0.1, 0.15) is 0 Å². The van der Waals surface area contributed by atoms with Gasteiger partial charge in [-0.1, -0.05) is 29.9 Å². The van der Waals surface area contributed by atoms with Crippen molar-refractivity contribution >= 4 is 40.4 Å². The fourth-order valence-electron chi connectivity index (χ4n) is 1.77. The Balaban J connectivity index is 2.48. The number of carboxylic acid groups (broad SMARTS) is 1. The van der Waals surface area contributed by atoms with E-state index >= 15 is 0 Å². The third-order valence-electron chi connectivity index (χ3n) is 2.57. The van der Waals surface area contributed by atoms with Gasteiger partial charge in [0.15, 0.2) is 5.16 Å². The van der Waals surface area contributed by atoms with E-state index in [1.807, 2.05) is 16.7 Å². The number of halogens is 1. The Kier molecular flexibility index (Phi) is 4.57. The molecule has 0 amide bonds. The maximum atomic E-state index is 10.7. The van der Waals surface area contributed by atoms with E-state index < -0.39 is 5.97 Å². The maximum Gasteiger partial charge on any atom is 0.313 e. The number of rotatable bonds is 6. The molecule has 0 spiro atoms. The molecule has 5 nitrogen and oxygen atoms in total. The van der Waals surface area contributed by atoms with E-state index in [0.29, 0.717) is 22.5 Å². The highest BCUT2D eigenvalue weighted by molar-refractivity contribution is 7.99. The van der Waals surface area contributed by atoms with Crippen LogP contribution in [0.5, 0.6) is 5.75 Å². The predicted octanol–water partition coefficient (Wildman–Crippen LogP) is 2.97. The molecule has 0 radical (unpaired) electrons. The molecule has 2 aromatic rings. The van der Waals surface area contributed by atoms with Crippen molar-refractivity contribution in [1.29, 1.82) is 0 Å². The van der Waals surface area contributed by atoms with Crippen LogP contribution in [0.25, 0.3) is 11.0 Å². The lowest BCUT2D eigenvalue weighted by atomic mass is 10.3. The van der Waals surface area contributed by atoms with Crippen molar-refractivity contribution in [2.75, 3.05) is 12.9 Å². The molecule has 20 heavy (non-hydrogen) atoms. The van der Waals surface area contributed by atoms with E-state index in [1.54, 1.807) is 13.2 Å². The van der Waals surface area contributed by atoms with Crippen LogP contribution in [0.4, 0.5) is 0 Å². The van der Waals surface area contributed by atoms with Gasteiger partial charge in [-0.3, -0.25) is 4.79 Å². The Morgan fingerprint density at radius 2 is 2.35 bits per heavy atom. The molecule has 1 N–H and O–H groups in total. The summed E-state index contributed by atoms with van der Waals surface area (Å²) >= 11 is 7.03. The smallest absolute Gasteiger partial charge is 0.313 e. The normalized spacial score (nSPS) is 10.7. The van der Waals surface area contributed by atoms with Gasteiger partial charge in [0.1, 0.15) is 5.75 Å². The molecule has 1 heterocycles. The van der Waals surface area contributed by atoms with Crippen LogP contribution in [0.15, 0.2) is 35.0 Å². The van der Waals surface area contributed by atoms with Gasteiger partial charge in [-0.2, -0.15) is 0 Å². The number of fused-ring (bicyclic) bond motifs is 1. The first-order valence-corrected chi connectivity index (χ1v) is 7.09. The lowest BCUT2D eigenvalue weighted by Gasteiger charge is -2.07. The number of imidazole rings is 1. The first kappa shape index (κ1) is 14.7. The average molecular weight is 313 g/mol. The predicted molar refractivity (Wildman–Crippen MR) is 79.6 cm³/mol.